The molecule has 0 radical (unpaired) electrons. The van der Waals surface area contributed by atoms with Crippen LogP contribution in [0.4, 0.5) is 5.95 Å². The second-order valence-electron chi connectivity index (χ2n) is 6.44. The van der Waals surface area contributed by atoms with Gasteiger partial charge < -0.3 is 14.2 Å². The van der Waals surface area contributed by atoms with E-state index in [9.17, 15) is 4.79 Å². The first-order chi connectivity index (χ1) is 12.2. The Hall–Kier alpha value is -2.94. The minimum atomic E-state index is -0.422. The Labute approximate surface area is 142 Å². The lowest BCUT2D eigenvalue weighted by molar-refractivity contribution is -0.0760. The number of fused-ring (bicyclic) bond motifs is 1. The molecule has 25 heavy (non-hydrogen) atoms. The van der Waals surface area contributed by atoms with Crippen LogP contribution in [0.3, 0.4) is 0 Å². The number of hydrogen-bond acceptors (Lipinski definition) is 7. The summed E-state index contributed by atoms with van der Waals surface area (Å²) in [5.74, 6) is 1.68. The number of nitrogens with zero attached hydrogens (tertiary/aromatic N) is 5. The first-order valence-electron chi connectivity index (χ1n) is 8.15. The summed E-state index contributed by atoms with van der Waals surface area (Å²) in [5.41, 5.74) is 0.273. The van der Waals surface area contributed by atoms with Gasteiger partial charge in [0.25, 0.3) is 11.8 Å². The quantitative estimate of drug-likeness (QED) is 0.736. The minimum Gasteiger partial charge on any atom is -0.363 e. The van der Waals surface area contributed by atoms with E-state index in [1.165, 1.54) is 0 Å². The van der Waals surface area contributed by atoms with E-state index >= 15 is 0 Å². The van der Waals surface area contributed by atoms with Gasteiger partial charge >= 0.3 is 5.69 Å². The Morgan fingerprint density at radius 3 is 2.96 bits per heavy atom. The van der Waals surface area contributed by atoms with Gasteiger partial charge in [0.15, 0.2) is 5.82 Å². The van der Waals surface area contributed by atoms with Crippen molar-refractivity contribution >= 4 is 5.95 Å². The number of ether oxygens (including phenoxy) is 1. The summed E-state index contributed by atoms with van der Waals surface area (Å²) >= 11 is 0. The summed E-state index contributed by atoms with van der Waals surface area (Å²) in [6.07, 6.45) is 0.791. The lowest BCUT2D eigenvalue weighted by atomic mass is 10.0. The molecule has 1 N–H and O–H groups in total. The summed E-state index contributed by atoms with van der Waals surface area (Å²) in [6, 6.07) is 9.66. The van der Waals surface area contributed by atoms with E-state index in [0.29, 0.717) is 37.4 Å². The SMILES string of the molecule is O=c1[nH]nc2n1CC1(CCN(c3noc(-c4ccccc4)n3)C1)OC2. The van der Waals surface area contributed by atoms with Crippen LogP contribution in [0, 0.1) is 0 Å². The molecule has 1 unspecified atom stereocenters. The Morgan fingerprint density at radius 1 is 1.20 bits per heavy atom. The largest absolute Gasteiger partial charge is 0.363 e. The van der Waals surface area contributed by atoms with Crippen LogP contribution in [0.15, 0.2) is 39.6 Å². The van der Waals surface area contributed by atoms with Gasteiger partial charge in [0.2, 0.25) is 0 Å². The lowest BCUT2D eigenvalue weighted by Gasteiger charge is -2.33. The molecule has 2 aromatic heterocycles. The van der Waals surface area contributed by atoms with Crippen LogP contribution in [0.2, 0.25) is 0 Å². The minimum absolute atomic E-state index is 0.193. The second-order valence-corrected chi connectivity index (χ2v) is 6.44. The molecule has 9 nitrogen and oxygen atoms in total. The third kappa shape index (κ3) is 2.35. The number of H-pyrrole nitrogens is 1. The van der Waals surface area contributed by atoms with Crippen molar-refractivity contribution in [1.82, 2.24) is 24.9 Å². The maximum absolute atomic E-state index is 11.9. The highest BCUT2D eigenvalue weighted by Crippen LogP contribution is 2.33. The molecule has 3 aromatic rings. The molecule has 4 heterocycles. The average Bonchev–Trinajstić information content (AvgIpc) is 3.36. The molecule has 2 aliphatic heterocycles. The molecule has 0 saturated carbocycles. The van der Waals surface area contributed by atoms with Crippen molar-refractivity contribution < 1.29 is 9.26 Å². The monoisotopic (exact) mass is 340 g/mol. The van der Waals surface area contributed by atoms with E-state index in [0.717, 1.165) is 18.5 Å². The van der Waals surface area contributed by atoms with E-state index < -0.39 is 5.60 Å². The molecular formula is C16H16N6O3. The second kappa shape index (κ2) is 5.28. The molecule has 1 atom stereocenters. The number of hydrogen-bond donors (Lipinski definition) is 1. The molecule has 1 saturated heterocycles. The van der Waals surface area contributed by atoms with Gasteiger partial charge in [-0.25, -0.2) is 9.89 Å². The van der Waals surface area contributed by atoms with E-state index in [-0.39, 0.29) is 5.69 Å². The Balaban J connectivity index is 1.37. The number of rotatable bonds is 2. The lowest BCUT2D eigenvalue weighted by Crippen LogP contribution is -2.46. The van der Waals surface area contributed by atoms with Crippen molar-refractivity contribution in [2.45, 2.75) is 25.2 Å². The van der Waals surface area contributed by atoms with E-state index in [1.54, 1.807) is 4.57 Å². The van der Waals surface area contributed by atoms with Gasteiger partial charge in [-0.3, -0.25) is 4.57 Å². The van der Waals surface area contributed by atoms with Gasteiger partial charge in [0.1, 0.15) is 12.2 Å². The van der Waals surface area contributed by atoms with Gasteiger partial charge in [0, 0.05) is 12.1 Å². The van der Waals surface area contributed by atoms with Gasteiger partial charge in [-0.1, -0.05) is 18.2 Å². The third-order valence-electron chi connectivity index (χ3n) is 4.83. The zero-order valence-corrected chi connectivity index (χ0v) is 13.4. The van der Waals surface area contributed by atoms with E-state index in [1.807, 2.05) is 35.2 Å². The van der Waals surface area contributed by atoms with Gasteiger partial charge in [-0.05, 0) is 23.7 Å². The number of anilines is 1. The zero-order valence-electron chi connectivity index (χ0n) is 13.4. The summed E-state index contributed by atoms with van der Waals surface area (Å²) in [7, 11) is 0. The van der Waals surface area contributed by atoms with Crippen LogP contribution in [0.1, 0.15) is 12.2 Å². The van der Waals surface area contributed by atoms with Gasteiger partial charge in [-0.15, -0.1) is 0 Å². The van der Waals surface area contributed by atoms with Crippen molar-refractivity contribution in [3.05, 3.63) is 46.6 Å². The molecule has 0 aliphatic carbocycles. The average molecular weight is 340 g/mol. The topological polar surface area (TPSA) is 102 Å². The zero-order chi connectivity index (χ0) is 16.9. The highest BCUT2D eigenvalue weighted by atomic mass is 16.5. The first-order valence-corrected chi connectivity index (χ1v) is 8.15. The van der Waals surface area contributed by atoms with E-state index in [2.05, 4.69) is 20.3 Å². The molecule has 0 amide bonds. The molecule has 2 aliphatic rings. The van der Waals surface area contributed by atoms with Crippen LogP contribution in [-0.2, 0) is 17.9 Å². The van der Waals surface area contributed by atoms with Crippen molar-refractivity contribution in [2.24, 2.45) is 0 Å². The molecule has 9 heteroatoms. The molecule has 1 fully saturated rings. The highest BCUT2D eigenvalue weighted by molar-refractivity contribution is 5.54. The van der Waals surface area contributed by atoms with Crippen LogP contribution < -0.4 is 10.6 Å². The fourth-order valence-electron chi connectivity index (χ4n) is 3.48. The number of nitrogens with one attached hydrogen (secondary N) is 1. The first kappa shape index (κ1) is 14.4. The standard InChI is InChI=1S/C16H16N6O3/c23-15-19-18-12-8-24-16(10-22(12)15)6-7-21(9-16)14-17-13(25-20-14)11-4-2-1-3-5-11/h1-5H,6-10H2,(H,19,23). The normalized spacial score (nSPS) is 22.5. The summed E-state index contributed by atoms with van der Waals surface area (Å²) < 4.78 is 13.1. The van der Waals surface area contributed by atoms with Crippen LogP contribution in [0.25, 0.3) is 11.5 Å². The Morgan fingerprint density at radius 2 is 2.08 bits per heavy atom. The van der Waals surface area contributed by atoms with Crippen LogP contribution in [-0.4, -0.2) is 43.6 Å². The van der Waals surface area contributed by atoms with Gasteiger partial charge in [0.05, 0.1) is 13.1 Å². The number of aromatic nitrogens is 5. The highest BCUT2D eigenvalue weighted by Gasteiger charge is 2.44. The maximum Gasteiger partial charge on any atom is 0.343 e. The van der Waals surface area contributed by atoms with Gasteiger partial charge in [-0.2, -0.15) is 10.1 Å². The molecule has 1 spiro atoms. The molecule has 1 aromatic carbocycles. The molecular weight excluding hydrogens is 324 g/mol. The number of aromatic amines is 1. The Kier molecular flexibility index (Phi) is 3.04. The predicted molar refractivity (Wildman–Crippen MR) is 86.9 cm³/mol. The van der Waals surface area contributed by atoms with Crippen molar-refractivity contribution in [3.63, 3.8) is 0 Å². The molecule has 0 bridgehead atoms. The summed E-state index contributed by atoms with van der Waals surface area (Å²) in [4.78, 5) is 18.4. The van der Waals surface area contributed by atoms with Crippen molar-refractivity contribution in [1.29, 1.82) is 0 Å². The fourth-order valence-corrected chi connectivity index (χ4v) is 3.48. The Bertz CT molecular complexity index is 962. The molecule has 5 rings (SSSR count). The maximum atomic E-state index is 11.9. The smallest absolute Gasteiger partial charge is 0.343 e. The van der Waals surface area contributed by atoms with Crippen molar-refractivity contribution in [2.75, 3.05) is 18.0 Å². The fraction of sp³-hybridized carbons (Fsp3) is 0.375. The predicted octanol–water partition coefficient (Wildman–Crippen LogP) is 0.801. The van der Waals surface area contributed by atoms with Crippen LogP contribution >= 0.6 is 0 Å². The summed E-state index contributed by atoms with van der Waals surface area (Å²) in [5, 5.41) is 10.5. The van der Waals surface area contributed by atoms with Crippen LogP contribution in [0.5, 0.6) is 0 Å². The summed E-state index contributed by atoms with van der Waals surface area (Å²) in [6.45, 7) is 2.17. The van der Waals surface area contributed by atoms with E-state index in [4.69, 9.17) is 9.26 Å². The molecule has 128 valence electrons. The van der Waals surface area contributed by atoms with Crippen molar-refractivity contribution in [3.8, 4) is 11.5 Å². The third-order valence-corrected chi connectivity index (χ3v) is 4.83. The number of benzene rings is 1.